The van der Waals surface area contributed by atoms with Gasteiger partial charge >= 0.3 is 0 Å². The van der Waals surface area contributed by atoms with E-state index >= 15 is 0 Å². The molecular weight excluding hydrogens is 162 g/mol. The van der Waals surface area contributed by atoms with Gasteiger partial charge in [-0.15, -0.1) is 0 Å². The predicted octanol–water partition coefficient (Wildman–Crippen LogP) is 1.24. The van der Waals surface area contributed by atoms with Gasteiger partial charge in [-0.1, -0.05) is 13.8 Å². The SMILES string of the molecule is Cc1nccnc1C1C(N)C1(C)C. The molecule has 1 aliphatic carbocycles. The lowest BCUT2D eigenvalue weighted by Crippen LogP contribution is -2.07. The maximum absolute atomic E-state index is 5.98. The van der Waals surface area contributed by atoms with Crippen LogP contribution in [0.5, 0.6) is 0 Å². The first-order chi connectivity index (χ1) is 6.05. The van der Waals surface area contributed by atoms with Crippen molar-refractivity contribution in [3.8, 4) is 0 Å². The second-order valence-electron chi connectivity index (χ2n) is 4.35. The second kappa shape index (κ2) is 2.51. The van der Waals surface area contributed by atoms with Gasteiger partial charge in [-0.2, -0.15) is 0 Å². The normalized spacial score (nSPS) is 30.2. The lowest BCUT2D eigenvalue weighted by atomic mass is 10.1. The molecule has 2 atom stereocenters. The summed E-state index contributed by atoms with van der Waals surface area (Å²) in [6, 6.07) is 0.239. The zero-order valence-electron chi connectivity index (χ0n) is 8.28. The van der Waals surface area contributed by atoms with Crippen molar-refractivity contribution in [1.82, 2.24) is 9.97 Å². The van der Waals surface area contributed by atoms with Gasteiger partial charge in [0.2, 0.25) is 0 Å². The standard InChI is InChI=1S/C10H15N3/c1-6-8(13-5-4-12-6)7-9(11)10(7,2)3/h4-5,7,9H,11H2,1-3H3. The smallest absolute Gasteiger partial charge is 0.0668 e. The van der Waals surface area contributed by atoms with Gasteiger partial charge in [0.15, 0.2) is 0 Å². The highest BCUT2D eigenvalue weighted by Gasteiger charge is 2.57. The molecule has 70 valence electrons. The minimum Gasteiger partial charge on any atom is -0.327 e. The first kappa shape index (κ1) is 8.63. The number of aryl methyl sites for hydroxylation is 1. The fourth-order valence-electron chi connectivity index (χ4n) is 1.92. The van der Waals surface area contributed by atoms with Crippen molar-refractivity contribution < 1.29 is 0 Å². The van der Waals surface area contributed by atoms with Crippen LogP contribution in [0.4, 0.5) is 0 Å². The summed E-state index contributed by atoms with van der Waals surface area (Å²) in [7, 11) is 0. The average Bonchev–Trinajstić information content (AvgIpc) is 2.54. The minimum atomic E-state index is 0.195. The summed E-state index contributed by atoms with van der Waals surface area (Å²) in [6.07, 6.45) is 3.46. The highest BCUT2D eigenvalue weighted by atomic mass is 14.9. The van der Waals surface area contributed by atoms with E-state index in [1.807, 2.05) is 6.92 Å². The van der Waals surface area contributed by atoms with Crippen LogP contribution >= 0.6 is 0 Å². The van der Waals surface area contributed by atoms with Crippen molar-refractivity contribution in [3.63, 3.8) is 0 Å². The average molecular weight is 177 g/mol. The molecule has 13 heavy (non-hydrogen) atoms. The molecule has 0 radical (unpaired) electrons. The van der Waals surface area contributed by atoms with E-state index in [1.165, 1.54) is 0 Å². The molecule has 0 saturated heterocycles. The Hall–Kier alpha value is -0.960. The largest absolute Gasteiger partial charge is 0.327 e. The minimum absolute atomic E-state index is 0.195. The van der Waals surface area contributed by atoms with Crippen LogP contribution in [-0.4, -0.2) is 16.0 Å². The van der Waals surface area contributed by atoms with Crippen LogP contribution in [0.2, 0.25) is 0 Å². The molecule has 2 N–H and O–H groups in total. The van der Waals surface area contributed by atoms with Crippen molar-refractivity contribution in [2.45, 2.75) is 32.7 Å². The summed E-state index contributed by atoms with van der Waals surface area (Å²) in [6.45, 7) is 6.34. The van der Waals surface area contributed by atoms with Crippen LogP contribution in [0.25, 0.3) is 0 Å². The Morgan fingerprint density at radius 2 is 1.85 bits per heavy atom. The molecule has 0 aromatic carbocycles. The number of aromatic nitrogens is 2. The molecule has 0 aliphatic heterocycles. The summed E-state index contributed by atoms with van der Waals surface area (Å²) < 4.78 is 0. The van der Waals surface area contributed by atoms with E-state index in [0.29, 0.717) is 5.92 Å². The van der Waals surface area contributed by atoms with Gasteiger partial charge in [0, 0.05) is 24.4 Å². The lowest BCUT2D eigenvalue weighted by Gasteiger charge is -2.03. The Morgan fingerprint density at radius 1 is 1.31 bits per heavy atom. The molecular formula is C10H15N3. The van der Waals surface area contributed by atoms with Crippen molar-refractivity contribution in [1.29, 1.82) is 0 Å². The van der Waals surface area contributed by atoms with Gasteiger partial charge in [-0.05, 0) is 12.3 Å². The summed E-state index contributed by atoms with van der Waals surface area (Å²) in [5.74, 6) is 0.390. The van der Waals surface area contributed by atoms with E-state index in [9.17, 15) is 0 Å². The number of hydrogen-bond donors (Lipinski definition) is 1. The lowest BCUT2D eigenvalue weighted by molar-refractivity contribution is 0.593. The van der Waals surface area contributed by atoms with Gasteiger partial charge in [-0.3, -0.25) is 9.97 Å². The quantitative estimate of drug-likeness (QED) is 0.702. The molecule has 3 nitrogen and oxygen atoms in total. The van der Waals surface area contributed by atoms with E-state index in [2.05, 4.69) is 23.8 Å². The van der Waals surface area contributed by atoms with Gasteiger partial charge in [-0.25, -0.2) is 0 Å². The Kier molecular flexibility index (Phi) is 1.67. The van der Waals surface area contributed by atoms with Crippen LogP contribution in [0.1, 0.15) is 31.2 Å². The van der Waals surface area contributed by atoms with E-state index in [1.54, 1.807) is 12.4 Å². The van der Waals surface area contributed by atoms with Gasteiger partial charge in [0.05, 0.1) is 11.4 Å². The van der Waals surface area contributed by atoms with Crippen LogP contribution in [-0.2, 0) is 0 Å². The van der Waals surface area contributed by atoms with Crippen molar-refractivity contribution >= 4 is 0 Å². The first-order valence-corrected chi connectivity index (χ1v) is 4.58. The molecule has 1 aliphatic rings. The molecule has 1 aromatic heterocycles. The molecule has 2 unspecified atom stereocenters. The number of nitrogens with zero attached hydrogens (tertiary/aromatic N) is 2. The van der Waals surface area contributed by atoms with E-state index in [0.717, 1.165) is 11.4 Å². The van der Waals surface area contributed by atoms with E-state index in [-0.39, 0.29) is 11.5 Å². The maximum atomic E-state index is 5.98. The Morgan fingerprint density at radius 3 is 2.31 bits per heavy atom. The Bertz CT molecular complexity index is 333. The van der Waals surface area contributed by atoms with Crippen molar-refractivity contribution in [3.05, 3.63) is 23.8 Å². The first-order valence-electron chi connectivity index (χ1n) is 4.58. The number of rotatable bonds is 1. The van der Waals surface area contributed by atoms with Gasteiger partial charge in [0.1, 0.15) is 0 Å². The predicted molar refractivity (Wildman–Crippen MR) is 51.3 cm³/mol. The fourth-order valence-corrected chi connectivity index (χ4v) is 1.92. The summed E-state index contributed by atoms with van der Waals surface area (Å²) in [5.41, 5.74) is 8.25. The van der Waals surface area contributed by atoms with Gasteiger partial charge in [0.25, 0.3) is 0 Å². The van der Waals surface area contributed by atoms with Crippen molar-refractivity contribution in [2.24, 2.45) is 11.1 Å². The second-order valence-corrected chi connectivity index (χ2v) is 4.35. The number of hydrogen-bond acceptors (Lipinski definition) is 3. The third-order valence-electron chi connectivity index (χ3n) is 3.12. The molecule has 1 aromatic rings. The molecule has 1 fully saturated rings. The van der Waals surface area contributed by atoms with E-state index in [4.69, 9.17) is 5.73 Å². The molecule has 0 bridgehead atoms. The van der Waals surface area contributed by atoms with Crippen LogP contribution < -0.4 is 5.73 Å². The third-order valence-corrected chi connectivity index (χ3v) is 3.12. The Balaban J connectivity index is 2.34. The highest BCUT2D eigenvalue weighted by Crippen LogP contribution is 2.57. The fraction of sp³-hybridized carbons (Fsp3) is 0.600. The molecule has 0 amide bonds. The van der Waals surface area contributed by atoms with Crippen LogP contribution in [0.3, 0.4) is 0 Å². The third kappa shape index (κ3) is 1.15. The summed E-state index contributed by atoms with van der Waals surface area (Å²) in [5, 5.41) is 0. The highest BCUT2D eigenvalue weighted by molar-refractivity contribution is 5.31. The molecule has 3 heteroatoms. The van der Waals surface area contributed by atoms with Crippen molar-refractivity contribution in [2.75, 3.05) is 0 Å². The van der Waals surface area contributed by atoms with E-state index < -0.39 is 0 Å². The summed E-state index contributed by atoms with van der Waals surface area (Å²) in [4.78, 5) is 8.57. The Labute approximate surface area is 78.4 Å². The molecule has 1 saturated carbocycles. The molecule has 0 spiro atoms. The maximum Gasteiger partial charge on any atom is 0.0668 e. The van der Waals surface area contributed by atoms with Crippen LogP contribution in [0, 0.1) is 12.3 Å². The van der Waals surface area contributed by atoms with Gasteiger partial charge < -0.3 is 5.73 Å². The zero-order chi connectivity index (χ0) is 9.64. The zero-order valence-corrected chi connectivity index (χ0v) is 8.28. The molecule has 1 heterocycles. The molecule has 2 rings (SSSR count). The van der Waals surface area contributed by atoms with Crippen LogP contribution in [0.15, 0.2) is 12.4 Å². The monoisotopic (exact) mass is 177 g/mol. The summed E-state index contributed by atoms with van der Waals surface area (Å²) >= 11 is 0. The topological polar surface area (TPSA) is 51.8 Å². The number of nitrogens with two attached hydrogens (primary N) is 1.